The number of hydrogen-bond donors (Lipinski definition) is 2. The van der Waals surface area contributed by atoms with Gasteiger partial charge in [-0.15, -0.1) is 0 Å². The highest BCUT2D eigenvalue weighted by atomic mass is 16.2. The molecule has 0 saturated carbocycles. The van der Waals surface area contributed by atoms with Crippen molar-refractivity contribution in [3.8, 4) is 0 Å². The number of hydrazine groups is 1. The predicted molar refractivity (Wildman–Crippen MR) is 64.0 cm³/mol. The molecule has 0 aliphatic carbocycles. The van der Waals surface area contributed by atoms with Gasteiger partial charge in [-0.2, -0.15) is 0 Å². The number of carbonyl (C=O) groups excluding carboxylic acids is 1. The molecule has 0 aliphatic heterocycles. The van der Waals surface area contributed by atoms with Crippen molar-refractivity contribution in [2.75, 3.05) is 18.5 Å². The van der Waals surface area contributed by atoms with Crippen LogP contribution < -0.4 is 11.3 Å². The van der Waals surface area contributed by atoms with Gasteiger partial charge in [-0.1, -0.05) is 0 Å². The number of carbonyl (C=O) groups is 1. The van der Waals surface area contributed by atoms with E-state index >= 15 is 0 Å². The lowest BCUT2D eigenvalue weighted by molar-refractivity contribution is 0.0773. The second-order valence-corrected chi connectivity index (χ2v) is 3.49. The van der Waals surface area contributed by atoms with Gasteiger partial charge in [0.2, 0.25) is 0 Å². The van der Waals surface area contributed by atoms with E-state index in [1.54, 1.807) is 17.2 Å². The molecule has 0 unspecified atom stereocenters. The van der Waals surface area contributed by atoms with Crippen LogP contribution in [0.2, 0.25) is 0 Å². The van der Waals surface area contributed by atoms with E-state index in [4.69, 9.17) is 5.84 Å². The Morgan fingerprint density at radius 1 is 1.50 bits per heavy atom. The van der Waals surface area contributed by atoms with Gasteiger partial charge in [0.05, 0.1) is 11.3 Å². The molecule has 3 N–H and O–H groups in total. The summed E-state index contributed by atoms with van der Waals surface area (Å²) in [5, 5.41) is 0. The van der Waals surface area contributed by atoms with E-state index in [0.29, 0.717) is 24.3 Å². The summed E-state index contributed by atoms with van der Waals surface area (Å²) in [7, 11) is 0. The number of nitrogens with zero attached hydrogens (tertiary/aromatic N) is 2. The molecule has 1 heterocycles. The maximum Gasteiger partial charge on any atom is 0.257 e. The smallest absolute Gasteiger partial charge is 0.257 e. The van der Waals surface area contributed by atoms with Gasteiger partial charge in [-0.25, -0.2) is 0 Å². The largest absolute Gasteiger partial charge is 0.339 e. The molecule has 16 heavy (non-hydrogen) atoms. The quantitative estimate of drug-likeness (QED) is 0.592. The summed E-state index contributed by atoms with van der Waals surface area (Å²) in [6.07, 6.45) is 1.56. The van der Waals surface area contributed by atoms with Crippen LogP contribution in [0.25, 0.3) is 0 Å². The van der Waals surface area contributed by atoms with Gasteiger partial charge in [0.15, 0.2) is 0 Å². The normalized spacial score (nSPS) is 10.0. The van der Waals surface area contributed by atoms with E-state index in [2.05, 4.69) is 10.4 Å². The van der Waals surface area contributed by atoms with Crippen molar-refractivity contribution >= 4 is 11.6 Å². The number of nitrogens with one attached hydrogen (secondary N) is 1. The lowest BCUT2D eigenvalue weighted by Gasteiger charge is -2.20. The van der Waals surface area contributed by atoms with Crippen LogP contribution in [0, 0.1) is 6.92 Å². The van der Waals surface area contributed by atoms with Crippen LogP contribution in [-0.2, 0) is 0 Å². The Kier molecular flexibility index (Phi) is 4.25. The number of nitrogens with two attached hydrogens (primary N) is 1. The summed E-state index contributed by atoms with van der Waals surface area (Å²) in [5.41, 5.74) is 4.48. The molecule has 5 heteroatoms. The summed E-state index contributed by atoms with van der Waals surface area (Å²) in [5.74, 6) is 5.34. The Labute approximate surface area is 95.6 Å². The third-order valence-corrected chi connectivity index (χ3v) is 2.48. The van der Waals surface area contributed by atoms with Crippen molar-refractivity contribution in [1.82, 2.24) is 9.88 Å². The van der Waals surface area contributed by atoms with E-state index in [9.17, 15) is 4.79 Å². The van der Waals surface area contributed by atoms with Gasteiger partial charge in [0.25, 0.3) is 5.91 Å². The molecular weight excluding hydrogens is 204 g/mol. The number of aromatic nitrogens is 1. The molecule has 0 saturated heterocycles. The fraction of sp³-hybridized carbons (Fsp3) is 0.455. The van der Waals surface area contributed by atoms with Crippen molar-refractivity contribution in [3.05, 3.63) is 23.5 Å². The standard InChI is InChI=1S/C11H18N4O/c1-4-15(5-2)11(16)9-7-13-8(3)6-10(9)14-12/h6-7H,4-5,12H2,1-3H3,(H,13,14). The van der Waals surface area contributed by atoms with Crippen LogP contribution >= 0.6 is 0 Å². The Morgan fingerprint density at radius 3 is 2.62 bits per heavy atom. The van der Waals surface area contributed by atoms with Crippen molar-refractivity contribution in [2.24, 2.45) is 5.84 Å². The summed E-state index contributed by atoms with van der Waals surface area (Å²) in [6.45, 7) is 7.09. The molecule has 0 atom stereocenters. The van der Waals surface area contributed by atoms with Crippen LogP contribution in [0.5, 0.6) is 0 Å². The van der Waals surface area contributed by atoms with Gasteiger partial charge < -0.3 is 10.3 Å². The monoisotopic (exact) mass is 222 g/mol. The zero-order valence-corrected chi connectivity index (χ0v) is 9.95. The Morgan fingerprint density at radius 2 is 2.12 bits per heavy atom. The molecule has 0 spiro atoms. The van der Waals surface area contributed by atoms with Gasteiger partial charge in [-0.05, 0) is 26.8 Å². The van der Waals surface area contributed by atoms with Gasteiger partial charge >= 0.3 is 0 Å². The molecule has 5 nitrogen and oxygen atoms in total. The first kappa shape index (κ1) is 12.4. The van der Waals surface area contributed by atoms with E-state index < -0.39 is 0 Å². The maximum atomic E-state index is 12.1. The molecule has 88 valence electrons. The molecule has 0 radical (unpaired) electrons. The van der Waals surface area contributed by atoms with Crippen molar-refractivity contribution < 1.29 is 4.79 Å². The first-order chi connectivity index (χ1) is 7.63. The Balaban J connectivity index is 3.07. The van der Waals surface area contributed by atoms with Crippen molar-refractivity contribution in [1.29, 1.82) is 0 Å². The van der Waals surface area contributed by atoms with E-state index in [0.717, 1.165) is 5.69 Å². The zero-order valence-electron chi connectivity index (χ0n) is 9.95. The summed E-state index contributed by atoms with van der Waals surface area (Å²) >= 11 is 0. The Bertz CT molecular complexity index is 374. The van der Waals surface area contributed by atoms with Crippen LogP contribution in [0.15, 0.2) is 12.3 Å². The molecular formula is C11H18N4O. The van der Waals surface area contributed by atoms with Crippen molar-refractivity contribution in [2.45, 2.75) is 20.8 Å². The number of hydrogen-bond acceptors (Lipinski definition) is 4. The third kappa shape index (κ3) is 2.49. The topological polar surface area (TPSA) is 71.2 Å². The minimum absolute atomic E-state index is 0.0505. The van der Waals surface area contributed by atoms with Crippen LogP contribution in [0.3, 0.4) is 0 Å². The SMILES string of the molecule is CCN(CC)C(=O)c1cnc(C)cc1NN. The van der Waals surface area contributed by atoms with Gasteiger partial charge in [-0.3, -0.25) is 15.6 Å². The molecule has 1 rings (SSSR count). The van der Waals surface area contributed by atoms with Crippen LogP contribution in [-0.4, -0.2) is 28.9 Å². The van der Waals surface area contributed by atoms with Crippen molar-refractivity contribution in [3.63, 3.8) is 0 Å². The maximum absolute atomic E-state index is 12.1. The van der Waals surface area contributed by atoms with E-state index in [1.807, 2.05) is 20.8 Å². The highest BCUT2D eigenvalue weighted by Gasteiger charge is 2.16. The first-order valence-corrected chi connectivity index (χ1v) is 5.36. The summed E-state index contributed by atoms with van der Waals surface area (Å²) < 4.78 is 0. The summed E-state index contributed by atoms with van der Waals surface area (Å²) in [6, 6.07) is 1.76. The van der Waals surface area contributed by atoms with Crippen LogP contribution in [0.1, 0.15) is 29.9 Å². The molecule has 0 fully saturated rings. The fourth-order valence-corrected chi connectivity index (χ4v) is 1.53. The zero-order chi connectivity index (χ0) is 12.1. The average Bonchev–Trinajstić information content (AvgIpc) is 2.30. The minimum atomic E-state index is -0.0505. The lowest BCUT2D eigenvalue weighted by Crippen LogP contribution is -2.31. The summed E-state index contributed by atoms with van der Waals surface area (Å²) in [4.78, 5) is 17.9. The average molecular weight is 222 g/mol. The first-order valence-electron chi connectivity index (χ1n) is 5.36. The molecule has 1 aromatic heterocycles. The number of nitrogen functional groups attached to an aromatic ring is 1. The van der Waals surface area contributed by atoms with Gasteiger partial charge in [0.1, 0.15) is 0 Å². The predicted octanol–water partition coefficient (Wildman–Crippen LogP) is 1.16. The number of aryl methyl sites for hydroxylation is 1. The molecule has 0 aliphatic rings. The second kappa shape index (κ2) is 5.46. The Hall–Kier alpha value is -1.62. The fourth-order valence-electron chi connectivity index (χ4n) is 1.53. The van der Waals surface area contributed by atoms with Crippen LogP contribution in [0.4, 0.5) is 5.69 Å². The number of anilines is 1. The number of pyridine rings is 1. The highest BCUT2D eigenvalue weighted by Crippen LogP contribution is 2.16. The molecule has 0 bridgehead atoms. The van der Waals surface area contributed by atoms with E-state index in [1.165, 1.54) is 0 Å². The van der Waals surface area contributed by atoms with E-state index in [-0.39, 0.29) is 5.91 Å². The second-order valence-electron chi connectivity index (χ2n) is 3.49. The number of rotatable bonds is 4. The molecule has 0 aromatic carbocycles. The highest BCUT2D eigenvalue weighted by molar-refractivity contribution is 5.99. The third-order valence-electron chi connectivity index (χ3n) is 2.48. The minimum Gasteiger partial charge on any atom is -0.339 e. The van der Waals surface area contributed by atoms with Gasteiger partial charge in [0, 0.05) is 25.0 Å². The lowest BCUT2D eigenvalue weighted by atomic mass is 10.2. The number of amides is 1. The molecule has 1 aromatic rings. The molecule has 1 amide bonds.